The molecule has 1 aliphatic heterocycles. The van der Waals surface area contributed by atoms with Crippen molar-refractivity contribution in [3.05, 3.63) is 54.2 Å². The first kappa shape index (κ1) is 20.1. The summed E-state index contributed by atoms with van der Waals surface area (Å²) in [6.07, 6.45) is 5.62. The predicted octanol–water partition coefficient (Wildman–Crippen LogP) is 6.68. The van der Waals surface area contributed by atoms with E-state index in [4.69, 9.17) is 16.0 Å². The number of fused-ring (bicyclic) bond motifs is 1. The molecular weight excluding hydrogens is 372 g/mol. The highest BCUT2D eigenvalue weighted by atomic mass is 35.5. The van der Waals surface area contributed by atoms with Crippen LogP contribution < -0.4 is 5.01 Å². The fraction of sp³-hybridized carbons (Fsp3) is 0.409. The maximum absolute atomic E-state index is 6.32. The van der Waals surface area contributed by atoms with E-state index >= 15 is 0 Å². The van der Waals surface area contributed by atoms with Crippen molar-refractivity contribution in [2.24, 2.45) is 5.10 Å². The molecule has 2 aromatic rings. The quantitative estimate of drug-likeness (QED) is 0.523. The average Bonchev–Trinajstić information content (AvgIpc) is 2.60. The molecule has 27 heavy (non-hydrogen) atoms. The van der Waals surface area contributed by atoms with Gasteiger partial charge in [0.05, 0.1) is 5.69 Å². The van der Waals surface area contributed by atoms with Crippen LogP contribution >= 0.6 is 11.6 Å². The van der Waals surface area contributed by atoms with Crippen molar-refractivity contribution < 1.29 is 4.43 Å². The van der Waals surface area contributed by atoms with Crippen LogP contribution in [-0.2, 0) is 10.8 Å². The summed E-state index contributed by atoms with van der Waals surface area (Å²) < 4.78 is 6.32. The molecule has 3 nitrogen and oxygen atoms in total. The van der Waals surface area contributed by atoms with Crippen molar-refractivity contribution in [3.63, 3.8) is 0 Å². The number of anilines is 1. The van der Waals surface area contributed by atoms with Crippen LogP contribution in [0.1, 0.15) is 32.8 Å². The summed E-state index contributed by atoms with van der Waals surface area (Å²) in [6, 6.07) is 13.0. The van der Waals surface area contributed by atoms with E-state index in [0.717, 1.165) is 18.7 Å². The summed E-state index contributed by atoms with van der Waals surface area (Å²) in [6.45, 7) is 12.2. The van der Waals surface area contributed by atoms with Crippen molar-refractivity contribution in [3.8, 4) is 0 Å². The van der Waals surface area contributed by atoms with E-state index in [-0.39, 0.29) is 5.04 Å². The lowest BCUT2D eigenvalue weighted by atomic mass is 10.0. The van der Waals surface area contributed by atoms with Crippen LogP contribution in [0.3, 0.4) is 0 Å². The first-order chi connectivity index (χ1) is 12.7. The Morgan fingerprint density at radius 3 is 2.52 bits per heavy atom. The van der Waals surface area contributed by atoms with Crippen LogP contribution in [0, 0.1) is 0 Å². The minimum atomic E-state index is -1.68. The standard InChI is InChI=1S/C22H29ClN2OSi/c1-22(2,3)27(4,5)26-14-12-17-8-9-19-16-20(11-10-18(19)15-17)25-13-6-7-21(23)24-25/h6,8-11,13,15-16H,7,12,14H2,1-5H3. The molecule has 0 saturated heterocycles. The van der Waals surface area contributed by atoms with Gasteiger partial charge in [-0.2, -0.15) is 5.10 Å². The lowest BCUT2D eigenvalue weighted by Gasteiger charge is -2.36. The van der Waals surface area contributed by atoms with Crippen LogP contribution in [0.4, 0.5) is 5.69 Å². The lowest BCUT2D eigenvalue weighted by Crippen LogP contribution is -2.41. The van der Waals surface area contributed by atoms with Crippen molar-refractivity contribution >= 4 is 41.5 Å². The largest absolute Gasteiger partial charge is 0.416 e. The summed E-state index contributed by atoms with van der Waals surface area (Å²) in [5, 5.41) is 9.50. The number of halogens is 1. The normalized spacial score (nSPS) is 15.3. The molecule has 0 spiro atoms. The Morgan fingerprint density at radius 2 is 1.81 bits per heavy atom. The molecule has 2 aromatic carbocycles. The molecule has 1 heterocycles. The lowest BCUT2D eigenvalue weighted by molar-refractivity contribution is 0.292. The molecular formula is C22H29ClN2OSi. The topological polar surface area (TPSA) is 24.8 Å². The zero-order chi connectivity index (χ0) is 19.7. The Bertz CT molecular complexity index is 884. The zero-order valence-corrected chi connectivity index (χ0v) is 18.7. The average molecular weight is 401 g/mol. The van der Waals surface area contributed by atoms with Crippen LogP contribution in [-0.4, -0.2) is 20.1 Å². The van der Waals surface area contributed by atoms with Gasteiger partial charge in [0.1, 0.15) is 5.17 Å². The Balaban J connectivity index is 1.70. The zero-order valence-electron chi connectivity index (χ0n) is 16.9. The van der Waals surface area contributed by atoms with Crippen molar-refractivity contribution in [2.75, 3.05) is 11.6 Å². The van der Waals surface area contributed by atoms with E-state index < -0.39 is 8.32 Å². The van der Waals surface area contributed by atoms with Gasteiger partial charge in [-0.3, -0.25) is 0 Å². The highest BCUT2D eigenvalue weighted by Gasteiger charge is 2.36. The number of hydrogen-bond acceptors (Lipinski definition) is 3. The molecule has 0 saturated carbocycles. The van der Waals surface area contributed by atoms with Gasteiger partial charge in [0.15, 0.2) is 8.32 Å². The summed E-state index contributed by atoms with van der Waals surface area (Å²) in [5.74, 6) is 0. The van der Waals surface area contributed by atoms with Crippen LogP contribution in [0.2, 0.25) is 18.1 Å². The molecule has 0 aliphatic carbocycles. The minimum absolute atomic E-state index is 0.251. The molecule has 0 unspecified atom stereocenters. The van der Waals surface area contributed by atoms with Crippen LogP contribution in [0.25, 0.3) is 10.8 Å². The molecule has 0 amide bonds. The molecule has 144 valence electrons. The molecule has 0 aromatic heterocycles. The number of allylic oxidation sites excluding steroid dienone is 1. The Labute approximate surface area is 168 Å². The molecule has 1 aliphatic rings. The third-order valence-electron chi connectivity index (χ3n) is 5.56. The fourth-order valence-corrected chi connectivity index (χ4v) is 4.02. The molecule has 0 bridgehead atoms. The van der Waals surface area contributed by atoms with Crippen molar-refractivity contribution in [1.29, 1.82) is 0 Å². The third kappa shape index (κ3) is 4.81. The van der Waals surface area contributed by atoms with Crippen molar-refractivity contribution in [1.82, 2.24) is 0 Å². The maximum Gasteiger partial charge on any atom is 0.191 e. The molecule has 5 heteroatoms. The van der Waals surface area contributed by atoms with Gasteiger partial charge in [0.25, 0.3) is 0 Å². The number of nitrogens with zero attached hydrogens (tertiary/aromatic N) is 2. The van der Waals surface area contributed by atoms with E-state index in [2.05, 4.69) is 75.4 Å². The van der Waals surface area contributed by atoms with E-state index in [1.807, 2.05) is 17.3 Å². The highest BCUT2D eigenvalue weighted by molar-refractivity contribution is 6.74. The minimum Gasteiger partial charge on any atom is -0.416 e. The number of hydrazone groups is 1. The SMILES string of the molecule is CC(C)(C)[Si](C)(C)OCCc1ccc2cc(N3C=CCC(Cl)=N3)ccc2c1. The molecule has 0 radical (unpaired) electrons. The summed E-state index contributed by atoms with van der Waals surface area (Å²) in [4.78, 5) is 0. The van der Waals surface area contributed by atoms with Gasteiger partial charge in [-0.15, -0.1) is 0 Å². The molecule has 0 atom stereocenters. The van der Waals surface area contributed by atoms with Gasteiger partial charge in [0.2, 0.25) is 0 Å². The predicted molar refractivity (Wildman–Crippen MR) is 120 cm³/mol. The van der Waals surface area contributed by atoms with E-state index in [9.17, 15) is 0 Å². The second-order valence-electron chi connectivity index (χ2n) is 8.63. The number of rotatable bonds is 5. The number of benzene rings is 2. The molecule has 0 fully saturated rings. The smallest absolute Gasteiger partial charge is 0.191 e. The second kappa shape index (κ2) is 7.78. The van der Waals surface area contributed by atoms with Gasteiger partial charge < -0.3 is 4.43 Å². The van der Waals surface area contributed by atoms with E-state index in [1.165, 1.54) is 16.3 Å². The van der Waals surface area contributed by atoms with E-state index in [1.54, 1.807) is 0 Å². The fourth-order valence-electron chi connectivity index (χ4n) is 2.81. The Hall–Kier alpha value is -1.62. The van der Waals surface area contributed by atoms with Gasteiger partial charge in [0, 0.05) is 19.2 Å². The Morgan fingerprint density at radius 1 is 1.11 bits per heavy atom. The summed E-state index contributed by atoms with van der Waals surface area (Å²) in [5.41, 5.74) is 2.33. The summed E-state index contributed by atoms with van der Waals surface area (Å²) >= 11 is 6.06. The maximum atomic E-state index is 6.32. The number of hydrogen-bond donors (Lipinski definition) is 0. The van der Waals surface area contributed by atoms with Crippen molar-refractivity contribution in [2.45, 2.75) is 51.7 Å². The van der Waals surface area contributed by atoms with Crippen LogP contribution in [0.5, 0.6) is 0 Å². The molecule has 0 N–H and O–H groups in total. The second-order valence-corrected chi connectivity index (χ2v) is 13.9. The highest BCUT2D eigenvalue weighted by Crippen LogP contribution is 2.36. The third-order valence-corrected chi connectivity index (χ3v) is 10.3. The van der Waals surface area contributed by atoms with Gasteiger partial charge >= 0.3 is 0 Å². The van der Waals surface area contributed by atoms with Gasteiger partial charge in [-0.05, 0) is 53.0 Å². The van der Waals surface area contributed by atoms with Gasteiger partial charge in [-0.25, -0.2) is 5.01 Å². The van der Waals surface area contributed by atoms with Gasteiger partial charge in [-0.1, -0.05) is 62.7 Å². The Kier molecular flexibility index (Phi) is 5.80. The monoisotopic (exact) mass is 400 g/mol. The summed E-state index contributed by atoms with van der Waals surface area (Å²) in [7, 11) is -1.68. The van der Waals surface area contributed by atoms with Crippen LogP contribution in [0.15, 0.2) is 53.8 Å². The first-order valence-electron chi connectivity index (χ1n) is 9.51. The molecule has 3 rings (SSSR count). The first-order valence-corrected chi connectivity index (χ1v) is 12.8. The van der Waals surface area contributed by atoms with E-state index in [0.29, 0.717) is 11.6 Å².